The second kappa shape index (κ2) is 5.26. The largest absolute Gasteiger partial charge is 0.444 e. The molecule has 1 aliphatic rings. The molecule has 1 fully saturated rings. The molecule has 1 amide bonds. The van der Waals surface area contributed by atoms with Crippen LogP contribution in [0.1, 0.15) is 40.5 Å². The van der Waals surface area contributed by atoms with Crippen LogP contribution < -0.4 is 0 Å². The van der Waals surface area contributed by atoms with E-state index >= 15 is 0 Å². The van der Waals surface area contributed by atoms with E-state index in [9.17, 15) is 4.79 Å². The Balaban J connectivity index is 2.50. The SMILES string of the molecule is C[C@H](Cl)[C@H]1CCCN(C(=O)OC(C)(C)C)C1. The molecular formula is C12H22ClNO2. The molecule has 0 radical (unpaired) electrons. The number of halogens is 1. The molecule has 2 atom stereocenters. The fourth-order valence-corrected chi connectivity index (χ4v) is 2.08. The maximum absolute atomic E-state index is 11.8. The average Bonchev–Trinajstić information content (AvgIpc) is 2.15. The Bertz CT molecular complexity index is 248. The van der Waals surface area contributed by atoms with Gasteiger partial charge in [-0.05, 0) is 46.5 Å². The molecule has 1 rings (SSSR count). The zero-order chi connectivity index (χ0) is 12.3. The number of amides is 1. The number of rotatable bonds is 1. The fourth-order valence-electron chi connectivity index (χ4n) is 1.88. The summed E-state index contributed by atoms with van der Waals surface area (Å²) in [5, 5.41) is 0.116. The van der Waals surface area contributed by atoms with Gasteiger partial charge in [0.15, 0.2) is 0 Å². The first kappa shape index (κ1) is 13.6. The number of piperidine rings is 1. The lowest BCUT2D eigenvalue weighted by molar-refractivity contribution is 0.0166. The van der Waals surface area contributed by atoms with Crippen molar-refractivity contribution in [2.45, 2.75) is 51.5 Å². The minimum atomic E-state index is -0.420. The quantitative estimate of drug-likeness (QED) is 0.666. The smallest absolute Gasteiger partial charge is 0.410 e. The Labute approximate surface area is 103 Å². The number of carbonyl (C=O) groups excluding carboxylic acids is 1. The summed E-state index contributed by atoms with van der Waals surface area (Å²) in [6, 6.07) is 0. The highest BCUT2D eigenvalue weighted by Gasteiger charge is 2.29. The van der Waals surface area contributed by atoms with Crippen molar-refractivity contribution in [3.63, 3.8) is 0 Å². The van der Waals surface area contributed by atoms with Crippen molar-refractivity contribution in [3.05, 3.63) is 0 Å². The van der Waals surface area contributed by atoms with Crippen molar-refractivity contribution >= 4 is 17.7 Å². The zero-order valence-corrected chi connectivity index (χ0v) is 11.4. The van der Waals surface area contributed by atoms with Crippen LogP contribution in [0.25, 0.3) is 0 Å². The van der Waals surface area contributed by atoms with E-state index in [-0.39, 0.29) is 11.5 Å². The molecular weight excluding hydrogens is 226 g/mol. The molecule has 4 heteroatoms. The summed E-state index contributed by atoms with van der Waals surface area (Å²) >= 11 is 6.08. The summed E-state index contributed by atoms with van der Waals surface area (Å²) in [6.07, 6.45) is 1.90. The van der Waals surface area contributed by atoms with Gasteiger partial charge in [-0.1, -0.05) is 0 Å². The van der Waals surface area contributed by atoms with Crippen LogP contribution in [0.4, 0.5) is 4.79 Å². The lowest BCUT2D eigenvalue weighted by Gasteiger charge is -2.35. The van der Waals surface area contributed by atoms with Crippen molar-refractivity contribution in [2.75, 3.05) is 13.1 Å². The summed E-state index contributed by atoms with van der Waals surface area (Å²) in [7, 11) is 0. The third-order valence-corrected chi connectivity index (χ3v) is 3.12. The molecule has 0 aromatic rings. The number of carbonyl (C=O) groups is 1. The molecule has 94 valence electrons. The van der Waals surface area contributed by atoms with Crippen molar-refractivity contribution in [2.24, 2.45) is 5.92 Å². The Morgan fingerprint density at radius 2 is 2.12 bits per heavy atom. The van der Waals surface area contributed by atoms with Gasteiger partial charge in [0.05, 0.1) is 0 Å². The molecule has 0 aromatic heterocycles. The van der Waals surface area contributed by atoms with Crippen LogP contribution in [-0.2, 0) is 4.74 Å². The minimum absolute atomic E-state index is 0.116. The first-order chi connectivity index (χ1) is 7.29. The van der Waals surface area contributed by atoms with Crippen LogP contribution in [0.15, 0.2) is 0 Å². The average molecular weight is 248 g/mol. The van der Waals surface area contributed by atoms with Crippen LogP contribution in [-0.4, -0.2) is 35.1 Å². The standard InChI is InChI=1S/C12H22ClNO2/c1-9(13)10-6-5-7-14(8-10)11(15)16-12(2,3)4/h9-10H,5-8H2,1-4H3/t9-,10-/m0/s1. The van der Waals surface area contributed by atoms with E-state index in [0.717, 1.165) is 25.9 Å². The van der Waals surface area contributed by atoms with Crippen molar-refractivity contribution in [1.82, 2.24) is 4.90 Å². The van der Waals surface area contributed by atoms with E-state index in [4.69, 9.17) is 16.3 Å². The summed E-state index contributed by atoms with van der Waals surface area (Å²) in [5.74, 6) is 0.392. The zero-order valence-electron chi connectivity index (χ0n) is 10.6. The predicted molar refractivity (Wildman–Crippen MR) is 65.8 cm³/mol. The normalized spacial score (nSPS) is 24.1. The van der Waals surface area contributed by atoms with E-state index < -0.39 is 5.60 Å². The molecule has 0 bridgehead atoms. The molecule has 0 aliphatic carbocycles. The number of hydrogen-bond donors (Lipinski definition) is 0. The van der Waals surface area contributed by atoms with Crippen LogP contribution >= 0.6 is 11.6 Å². The topological polar surface area (TPSA) is 29.5 Å². The minimum Gasteiger partial charge on any atom is -0.444 e. The molecule has 1 heterocycles. The maximum Gasteiger partial charge on any atom is 0.410 e. The third-order valence-electron chi connectivity index (χ3n) is 2.76. The lowest BCUT2D eigenvalue weighted by atomic mass is 9.95. The van der Waals surface area contributed by atoms with E-state index in [0.29, 0.717) is 5.92 Å². The lowest BCUT2D eigenvalue weighted by Crippen LogP contribution is -2.44. The fraction of sp³-hybridized carbons (Fsp3) is 0.917. The van der Waals surface area contributed by atoms with Crippen molar-refractivity contribution < 1.29 is 9.53 Å². The van der Waals surface area contributed by atoms with Gasteiger partial charge in [0.2, 0.25) is 0 Å². The van der Waals surface area contributed by atoms with Gasteiger partial charge >= 0.3 is 6.09 Å². The molecule has 0 aromatic carbocycles. The van der Waals surface area contributed by atoms with Gasteiger partial charge in [0.25, 0.3) is 0 Å². The number of ether oxygens (including phenoxy) is 1. The van der Waals surface area contributed by atoms with Crippen molar-refractivity contribution in [3.8, 4) is 0 Å². The van der Waals surface area contributed by atoms with Gasteiger partial charge < -0.3 is 9.64 Å². The Hall–Kier alpha value is -0.440. The monoisotopic (exact) mass is 247 g/mol. The number of hydrogen-bond acceptors (Lipinski definition) is 2. The molecule has 0 saturated carbocycles. The first-order valence-electron chi connectivity index (χ1n) is 5.91. The van der Waals surface area contributed by atoms with Gasteiger partial charge in [-0.3, -0.25) is 0 Å². The van der Waals surface area contributed by atoms with Gasteiger partial charge in [0.1, 0.15) is 5.60 Å². The maximum atomic E-state index is 11.8. The highest BCUT2D eigenvalue weighted by molar-refractivity contribution is 6.20. The number of alkyl halides is 1. The van der Waals surface area contributed by atoms with Crippen LogP contribution in [0.2, 0.25) is 0 Å². The van der Waals surface area contributed by atoms with Gasteiger partial charge in [-0.25, -0.2) is 4.79 Å². The highest BCUT2D eigenvalue weighted by atomic mass is 35.5. The Morgan fingerprint density at radius 3 is 2.62 bits per heavy atom. The molecule has 0 unspecified atom stereocenters. The van der Waals surface area contributed by atoms with Gasteiger partial charge in [-0.2, -0.15) is 0 Å². The number of nitrogens with zero attached hydrogens (tertiary/aromatic N) is 1. The molecule has 16 heavy (non-hydrogen) atoms. The summed E-state index contributed by atoms with van der Waals surface area (Å²) in [4.78, 5) is 13.6. The highest BCUT2D eigenvalue weighted by Crippen LogP contribution is 2.24. The number of likely N-dealkylation sites (tertiary alicyclic amines) is 1. The summed E-state index contributed by atoms with van der Waals surface area (Å²) < 4.78 is 5.35. The second-order valence-corrected chi connectivity index (χ2v) is 6.19. The summed E-state index contributed by atoms with van der Waals surface area (Å²) in [6.45, 7) is 9.16. The first-order valence-corrected chi connectivity index (χ1v) is 6.35. The van der Waals surface area contributed by atoms with E-state index in [2.05, 4.69) is 0 Å². The Kier molecular flexibility index (Phi) is 4.48. The third kappa shape index (κ3) is 4.20. The van der Waals surface area contributed by atoms with Crippen LogP contribution in [0.3, 0.4) is 0 Å². The summed E-state index contributed by atoms with van der Waals surface area (Å²) in [5.41, 5.74) is -0.420. The van der Waals surface area contributed by atoms with Crippen LogP contribution in [0.5, 0.6) is 0 Å². The molecule has 1 aliphatic heterocycles. The van der Waals surface area contributed by atoms with E-state index in [1.54, 1.807) is 4.90 Å². The molecule has 0 spiro atoms. The predicted octanol–water partition coefficient (Wildman–Crippen LogP) is 3.26. The van der Waals surface area contributed by atoms with Crippen LogP contribution in [0, 0.1) is 5.92 Å². The molecule has 0 N–H and O–H groups in total. The van der Waals surface area contributed by atoms with Gasteiger partial charge in [-0.15, -0.1) is 11.6 Å². The van der Waals surface area contributed by atoms with Crippen molar-refractivity contribution in [1.29, 1.82) is 0 Å². The van der Waals surface area contributed by atoms with Gasteiger partial charge in [0, 0.05) is 18.5 Å². The van der Waals surface area contributed by atoms with E-state index in [1.807, 2.05) is 27.7 Å². The second-order valence-electron chi connectivity index (χ2n) is 5.51. The molecule has 3 nitrogen and oxygen atoms in total. The van der Waals surface area contributed by atoms with E-state index in [1.165, 1.54) is 0 Å². The molecule has 1 saturated heterocycles. The Morgan fingerprint density at radius 1 is 1.50 bits per heavy atom.